The molecule has 6 unspecified atom stereocenters. The van der Waals surface area contributed by atoms with Gasteiger partial charge in [0.25, 0.3) is 0 Å². The second-order valence-electron chi connectivity index (χ2n) is 5.34. The van der Waals surface area contributed by atoms with Gasteiger partial charge in [-0.3, -0.25) is 0 Å². The van der Waals surface area contributed by atoms with E-state index in [-0.39, 0.29) is 4.90 Å². The fourth-order valence-corrected chi connectivity index (χ4v) is 4.74. The van der Waals surface area contributed by atoms with Crippen molar-refractivity contribution in [2.75, 3.05) is 6.61 Å². The van der Waals surface area contributed by atoms with Crippen LogP contribution in [0, 0.1) is 6.92 Å². The molecule has 0 saturated carbocycles. The van der Waals surface area contributed by atoms with Crippen LogP contribution in [-0.4, -0.2) is 65.7 Å². The Morgan fingerprint density at radius 1 is 1.25 bits per heavy atom. The van der Waals surface area contributed by atoms with Gasteiger partial charge in [0, 0.05) is 0 Å². The van der Waals surface area contributed by atoms with Crippen molar-refractivity contribution >= 4 is 18.1 Å². The van der Waals surface area contributed by atoms with E-state index in [1.807, 2.05) is 0 Å². The zero-order valence-electron chi connectivity index (χ0n) is 12.6. The molecule has 4 N–H and O–H groups in total. The average Bonchev–Trinajstić information content (AvgIpc) is 2.54. The molecule has 0 aromatic heterocycles. The summed E-state index contributed by atoms with van der Waals surface area (Å²) >= 11 is 0. The van der Waals surface area contributed by atoms with Crippen molar-refractivity contribution in [3.05, 3.63) is 29.8 Å². The van der Waals surface area contributed by atoms with Crippen LogP contribution in [0.4, 0.5) is 0 Å². The highest BCUT2D eigenvalue weighted by Crippen LogP contribution is 2.43. The zero-order chi connectivity index (χ0) is 18.1. The van der Waals surface area contributed by atoms with Gasteiger partial charge < -0.3 is 20.4 Å². The molecule has 24 heavy (non-hydrogen) atoms. The first-order valence-electron chi connectivity index (χ1n) is 6.95. The molecular weight excluding hydrogens is 363 g/mol. The van der Waals surface area contributed by atoms with Gasteiger partial charge in [0.1, 0.15) is 12.2 Å². The molecule has 0 aliphatic carbocycles. The maximum Gasteiger partial charge on any atom is 0.545 e. The highest BCUT2D eigenvalue weighted by molar-refractivity contribution is 7.87. The normalized spacial score (nSPS) is 31.0. The summed E-state index contributed by atoms with van der Waals surface area (Å²) in [4.78, 5) is -0.212. The smallest absolute Gasteiger partial charge is 0.394 e. The molecule has 2 rings (SSSR count). The molecular formula is C13H18O9PS+. The zero-order valence-corrected chi connectivity index (χ0v) is 14.3. The summed E-state index contributed by atoms with van der Waals surface area (Å²) in [6, 6.07) is 5.63. The summed E-state index contributed by atoms with van der Waals surface area (Å²) in [5.74, 6) is -1.84. The average molecular weight is 381 g/mol. The maximum absolute atomic E-state index is 12.2. The molecule has 1 fully saturated rings. The Morgan fingerprint density at radius 3 is 2.38 bits per heavy atom. The van der Waals surface area contributed by atoms with Gasteiger partial charge in [-0.1, -0.05) is 17.7 Å². The standard InChI is InChI=1S/C13H18O9PS/c1-7-2-4-8(5-3-7)24(19,20)22-13-11(17)10(16)12(9(15)6-14)21-23(13)18/h2-5,9-17H,6H2,1H3/q+1. The molecule has 0 spiro atoms. The molecule has 1 aliphatic rings. The number of aryl methyl sites for hydroxylation is 1. The fraction of sp³-hybridized carbons (Fsp3) is 0.538. The van der Waals surface area contributed by atoms with Crippen LogP contribution in [0.5, 0.6) is 0 Å². The van der Waals surface area contributed by atoms with Crippen molar-refractivity contribution < 1.29 is 42.1 Å². The highest BCUT2D eigenvalue weighted by Gasteiger charge is 2.57. The predicted octanol–water partition coefficient (Wildman–Crippen LogP) is -0.757. The van der Waals surface area contributed by atoms with Gasteiger partial charge in [0.05, 0.1) is 11.5 Å². The largest absolute Gasteiger partial charge is 0.545 e. The molecule has 1 aliphatic heterocycles. The van der Waals surface area contributed by atoms with Crippen LogP contribution < -0.4 is 0 Å². The third kappa shape index (κ3) is 3.98. The summed E-state index contributed by atoms with van der Waals surface area (Å²) < 4.78 is 46.0. The van der Waals surface area contributed by atoms with Crippen LogP contribution in [-0.2, 0) is 23.4 Å². The van der Waals surface area contributed by atoms with E-state index in [4.69, 9.17) is 13.8 Å². The Hall–Kier alpha value is -0.970. The SMILES string of the molecule is Cc1ccc(S(=O)(=O)OC2C(O)C(O)C(C(O)CO)O[P+]2=O)cc1. The summed E-state index contributed by atoms with van der Waals surface area (Å²) in [5.41, 5.74) is 0.817. The lowest BCUT2D eigenvalue weighted by Crippen LogP contribution is -2.54. The van der Waals surface area contributed by atoms with Crippen LogP contribution in [0.1, 0.15) is 5.56 Å². The van der Waals surface area contributed by atoms with Crippen molar-refractivity contribution in [3.8, 4) is 0 Å². The van der Waals surface area contributed by atoms with Crippen LogP contribution >= 0.6 is 8.03 Å². The molecule has 6 atom stereocenters. The summed E-state index contributed by atoms with van der Waals surface area (Å²) in [5, 5.41) is 38.2. The maximum atomic E-state index is 12.2. The van der Waals surface area contributed by atoms with E-state index in [2.05, 4.69) is 0 Å². The molecule has 1 aromatic rings. The molecule has 0 radical (unpaired) electrons. The number of hydrogen-bond acceptors (Lipinski definition) is 9. The lowest BCUT2D eigenvalue weighted by Gasteiger charge is -2.30. The van der Waals surface area contributed by atoms with E-state index < -0.39 is 55.0 Å². The molecule has 0 amide bonds. The van der Waals surface area contributed by atoms with Gasteiger partial charge in [-0.05, 0) is 23.6 Å². The third-order valence-electron chi connectivity index (χ3n) is 3.51. The molecule has 1 heterocycles. The molecule has 0 bridgehead atoms. The second kappa shape index (κ2) is 7.51. The molecule has 1 saturated heterocycles. The summed E-state index contributed by atoms with van der Waals surface area (Å²) in [6.45, 7) is 0.959. The Labute approximate surface area is 139 Å². The first kappa shape index (κ1) is 19.4. The Balaban J connectivity index is 2.20. The van der Waals surface area contributed by atoms with Gasteiger partial charge >= 0.3 is 24.0 Å². The number of hydrogen-bond donors (Lipinski definition) is 4. The second-order valence-corrected chi connectivity index (χ2v) is 8.20. The number of benzene rings is 1. The minimum atomic E-state index is -4.36. The van der Waals surface area contributed by atoms with Crippen molar-refractivity contribution in [1.29, 1.82) is 0 Å². The number of rotatable bonds is 5. The lowest BCUT2D eigenvalue weighted by molar-refractivity contribution is -0.132. The topological polar surface area (TPSA) is 151 Å². The van der Waals surface area contributed by atoms with Gasteiger partial charge in [-0.25, -0.2) is 4.18 Å². The van der Waals surface area contributed by atoms with Crippen LogP contribution in [0.3, 0.4) is 0 Å². The van der Waals surface area contributed by atoms with E-state index in [0.29, 0.717) is 0 Å². The lowest BCUT2D eigenvalue weighted by atomic mass is 10.0. The quantitative estimate of drug-likeness (QED) is 0.381. The van der Waals surface area contributed by atoms with Gasteiger partial charge in [-0.2, -0.15) is 8.42 Å². The third-order valence-corrected chi connectivity index (χ3v) is 6.24. The Bertz CT molecular complexity index is 690. The van der Waals surface area contributed by atoms with E-state index in [9.17, 15) is 28.3 Å². The highest BCUT2D eigenvalue weighted by atomic mass is 32.2. The van der Waals surface area contributed by atoms with Gasteiger partial charge in [0.15, 0.2) is 12.2 Å². The van der Waals surface area contributed by atoms with Crippen molar-refractivity contribution in [2.45, 2.75) is 42.1 Å². The number of aliphatic hydroxyl groups excluding tert-OH is 4. The summed E-state index contributed by atoms with van der Waals surface area (Å²) in [6.07, 6.45) is -6.81. The van der Waals surface area contributed by atoms with E-state index in [1.54, 1.807) is 6.92 Å². The van der Waals surface area contributed by atoms with Gasteiger partial charge in [-0.15, -0.1) is 4.52 Å². The predicted molar refractivity (Wildman–Crippen MR) is 80.8 cm³/mol. The molecule has 1 aromatic carbocycles. The van der Waals surface area contributed by atoms with E-state index in [1.165, 1.54) is 24.3 Å². The first-order valence-corrected chi connectivity index (χ1v) is 9.61. The minimum absolute atomic E-state index is 0.212. The Morgan fingerprint density at radius 2 is 1.83 bits per heavy atom. The molecule has 11 heteroatoms. The monoisotopic (exact) mass is 381 g/mol. The van der Waals surface area contributed by atoms with Crippen LogP contribution in [0.2, 0.25) is 0 Å². The van der Waals surface area contributed by atoms with Crippen molar-refractivity contribution in [2.24, 2.45) is 0 Å². The van der Waals surface area contributed by atoms with Crippen LogP contribution in [0.25, 0.3) is 0 Å². The molecule has 9 nitrogen and oxygen atoms in total. The van der Waals surface area contributed by atoms with E-state index >= 15 is 0 Å². The molecule has 134 valence electrons. The van der Waals surface area contributed by atoms with Crippen LogP contribution in [0.15, 0.2) is 29.2 Å². The Kier molecular flexibility index (Phi) is 6.05. The van der Waals surface area contributed by atoms with Gasteiger partial charge in [0.2, 0.25) is 0 Å². The first-order chi connectivity index (χ1) is 11.2. The number of aliphatic hydroxyl groups is 4. The minimum Gasteiger partial charge on any atom is -0.394 e. The fourth-order valence-electron chi connectivity index (χ4n) is 2.11. The van der Waals surface area contributed by atoms with Crippen molar-refractivity contribution in [3.63, 3.8) is 0 Å². The van der Waals surface area contributed by atoms with Crippen molar-refractivity contribution in [1.82, 2.24) is 0 Å². The summed E-state index contributed by atoms with van der Waals surface area (Å²) in [7, 11) is -7.25. The van der Waals surface area contributed by atoms with E-state index in [0.717, 1.165) is 5.56 Å².